The van der Waals surface area contributed by atoms with Crippen molar-refractivity contribution in [2.45, 2.75) is 46.5 Å². The number of hydrogen-bond donors (Lipinski definition) is 2. The molecule has 0 bridgehead atoms. The number of hydrogen-bond acceptors (Lipinski definition) is 2. The Hall–Kier alpha value is -4.70. The number of aryl methyl sites for hydroxylation is 3. The maximum atomic E-state index is 10.2. The molecule has 0 fully saturated rings. The largest absolute Gasteiger partial charge is 0.489 e. The predicted octanol–water partition coefficient (Wildman–Crippen LogP) is 9.19. The molecular formula is C43H39BO2. The lowest BCUT2D eigenvalue weighted by atomic mass is 9.73. The van der Waals surface area contributed by atoms with Gasteiger partial charge in [0.05, 0.1) is 0 Å². The van der Waals surface area contributed by atoms with Gasteiger partial charge in [-0.3, -0.25) is 0 Å². The van der Waals surface area contributed by atoms with Crippen molar-refractivity contribution < 1.29 is 10.0 Å². The van der Waals surface area contributed by atoms with Crippen LogP contribution in [0.4, 0.5) is 0 Å². The third-order valence-electron chi connectivity index (χ3n) is 10.00. The monoisotopic (exact) mass is 598 g/mol. The van der Waals surface area contributed by atoms with Gasteiger partial charge < -0.3 is 10.0 Å². The fourth-order valence-corrected chi connectivity index (χ4v) is 7.44. The minimum atomic E-state index is -1.54. The molecule has 3 heteroatoms. The van der Waals surface area contributed by atoms with Crippen molar-refractivity contribution in [2.75, 3.05) is 0 Å². The van der Waals surface area contributed by atoms with Crippen LogP contribution >= 0.6 is 0 Å². The summed E-state index contributed by atoms with van der Waals surface area (Å²) in [6.07, 6.45) is 0.855. The topological polar surface area (TPSA) is 40.5 Å². The molecule has 0 saturated heterocycles. The second kappa shape index (κ2) is 11.6. The summed E-state index contributed by atoms with van der Waals surface area (Å²) in [4.78, 5) is 0. The Labute approximate surface area is 273 Å². The van der Waals surface area contributed by atoms with E-state index in [1.165, 1.54) is 50.1 Å². The summed E-state index contributed by atoms with van der Waals surface area (Å²) in [6.45, 7) is 11.0. The SMILES string of the molecule is Cc1ccc(-c2ccc(C)c(-c3c(C)cccc3B(O)O)c2)cc1-c1cc2c(cc1Cc1ccccc1)C(C)(C)c1ccccc1-2. The van der Waals surface area contributed by atoms with Gasteiger partial charge in [-0.25, -0.2) is 0 Å². The first-order valence-corrected chi connectivity index (χ1v) is 16.1. The molecule has 226 valence electrons. The molecule has 1 aliphatic carbocycles. The van der Waals surface area contributed by atoms with Crippen LogP contribution in [0, 0.1) is 20.8 Å². The van der Waals surface area contributed by atoms with Crippen LogP contribution in [0.25, 0.3) is 44.5 Å². The van der Waals surface area contributed by atoms with E-state index in [0.717, 1.165) is 39.8 Å². The molecule has 0 amide bonds. The van der Waals surface area contributed by atoms with Gasteiger partial charge >= 0.3 is 7.12 Å². The van der Waals surface area contributed by atoms with Gasteiger partial charge in [-0.1, -0.05) is 117 Å². The van der Waals surface area contributed by atoms with Crippen LogP contribution in [-0.2, 0) is 11.8 Å². The highest BCUT2D eigenvalue weighted by Crippen LogP contribution is 2.51. The van der Waals surface area contributed by atoms with Crippen LogP contribution in [0.3, 0.4) is 0 Å². The Balaban J connectivity index is 1.41. The smallest absolute Gasteiger partial charge is 0.423 e. The Morgan fingerprint density at radius 3 is 1.89 bits per heavy atom. The Morgan fingerprint density at radius 2 is 1.17 bits per heavy atom. The summed E-state index contributed by atoms with van der Waals surface area (Å²) in [5.74, 6) is 0. The van der Waals surface area contributed by atoms with Crippen molar-refractivity contribution in [3.63, 3.8) is 0 Å². The highest BCUT2D eigenvalue weighted by molar-refractivity contribution is 6.60. The average molecular weight is 599 g/mol. The van der Waals surface area contributed by atoms with Crippen LogP contribution in [0.1, 0.15) is 52.8 Å². The number of rotatable bonds is 6. The molecule has 0 aromatic heterocycles. The Bertz CT molecular complexity index is 2110. The van der Waals surface area contributed by atoms with E-state index in [0.29, 0.717) is 5.46 Å². The third-order valence-corrected chi connectivity index (χ3v) is 10.00. The van der Waals surface area contributed by atoms with Gasteiger partial charge in [0.15, 0.2) is 0 Å². The molecule has 2 N–H and O–H groups in total. The molecule has 0 radical (unpaired) electrons. The van der Waals surface area contributed by atoms with Crippen molar-refractivity contribution in [2.24, 2.45) is 0 Å². The van der Waals surface area contributed by atoms with Crippen molar-refractivity contribution >= 4 is 12.6 Å². The first kappa shape index (κ1) is 30.0. The first-order valence-electron chi connectivity index (χ1n) is 16.1. The summed E-state index contributed by atoms with van der Waals surface area (Å²) in [5.41, 5.74) is 18.5. The molecule has 0 saturated carbocycles. The zero-order chi connectivity index (χ0) is 32.2. The minimum Gasteiger partial charge on any atom is -0.423 e. The summed E-state index contributed by atoms with van der Waals surface area (Å²) in [6, 6.07) is 43.5. The van der Waals surface area contributed by atoms with Crippen molar-refractivity contribution in [1.29, 1.82) is 0 Å². The summed E-state index contributed by atoms with van der Waals surface area (Å²) in [7, 11) is -1.54. The minimum absolute atomic E-state index is 0.0678. The molecular weight excluding hydrogens is 559 g/mol. The van der Waals surface area contributed by atoms with Crippen LogP contribution < -0.4 is 5.46 Å². The zero-order valence-corrected chi connectivity index (χ0v) is 27.2. The van der Waals surface area contributed by atoms with Gasteiger partial charge in [0, 0.05) is 5.41 Å². The Kier molecular flexibility index (Phi) is 7.55. The summed E-state index contributed by atoms with van der Waals surface area (Å²) in [5, 5.41) is 20.4. The van der Waals surface area contributed by atoms with Crippen LogP contribution in [0.5, 0.6) is 0 Å². The fraction of sp³-hybridized carbons (Fsp3) is 0.163. The second-order valence-corrected chi connectivity index (χ2v) is 13.4. The Morgan fingerprint density at radius 1 is 0.522 bits per heavy atom. The zero-order valence-electron chi connectivity index (χ0n) is 27.2. The van der Waals surface area contributed by atoms with Gasteiger partial charge in [0.2, 0.25) is 0 Å². The molecule has 1 aliphatic rings. The van der Waals surface area contributed by atoms with E-state index in [9.17, 15) is 10.0 Å². The molecule has 0 heterocycles. The van der Waals surface area contributed by atoms with Crippen molar-refractivity contribution in [3.05, 3.63) is 160 Å². The maximum absolute atomic E-state index is 10.2. The van der Waals surface area contributed by atoms with E-state index in [2.05, 4.69) is 131 Å². The lowest BCUT2D eigenvalue weighted by Crippen LogP contribution is -2.32. The second-order valence-electron chi connectivity index (χ2n) is 13.4. The van der Waals surface area contributed by atoms with Gasteiger partial charge in [-0.05, 0) is 134 Å². The molecule has 0 aliphatic heterocycles. The molecule has 6 aromatic carbocycles. The van der Waals surface area contributed by atoms with Gasteiger partial charge in [0.1, 0.15) is 0 Å². The molecule has 7 rings (SSSR count). The molecule has 0 spiro atoms. The molecule has 6 aromatic rings. The van der Waals surface area contributed by atoms with Gasteiger partial charge in [-0.2, -0.15) is 0 Å². The van der Waals surface area contributed by atoms with Gasteiger partial charge in [0.25, 0.3) is 0 Å². The molecule has 0 unspecified atom stereocenters. The highest BCUT2D eigenvalue weighted by atomic mass is 16.4. The van der Waals surface area contributed by atoms with E-state index < -0.39 is 7.12 Å². The highest BCUT2D eigenvalue weighted by Gasteiger charge is 2.36. The standard InChI is InChI=1S/C43H39BO2/c1-27-18-20-31(32-21-19-28(2)36(24-32)42-29(3)12-11-17-41(42)44(45)46)23-35(27)37-26-38-34-15-9-10-16-39(34)43(4,5)40(38)25-33(37)22-30-13-7-6-8-14-30/h6-21,23-26,45-46H,22H2,1-5H3. The lowest BCUT2D eigenvalue weighted by molar-refractivity contribution is 0.426. The average Bonchev–Trinajstić information content (AvgIpc) is 3.27. The van der Waals surface area contributed by atoms with E-state index in [1.54, 1.807) is 6.07 Å². The number of fused-ring (bicyclic) bond motifs is 3. The maximum Gasteiger partial charge on any atom is 0.489 e. The quantitative estimate of drug-likeness (QED) is 0.188. The molecule has 46 heavy (non-hydrogen) atoms. The molecule has 0 atom stereocenters. The normalized spacial score (nSPS) is 12.9. The summed E-state index contributed by atoms with van der Waals surface area (Å²) >= 11 is 0. The van der Waals surface area contributed by atoms with Gasteiger partial charge in [-0.15, -0.1) is 0 Å². The lowest BCUT2D eigenvalue weighted by Gasteiger charge is -2.23. The summed E-state index contributed by atoms with van der Waals surface area (Å²) < 4.78 is 0. The molecule has 2 nitrogen and oxygen atoms in total. The van der Waals surface area contributed by atoms with E-state index in [-0.39, 0.29) is 5.41 Å². The van der Waals surface area contributed by atoms with E-state index in [1.807, 2.05) is 19.1 Å². The van der Waals surface area contributed by atoms with Crippen LogP contribution in [-0.4, -0.2) is 17.2 Å². The van der Waals surface area contributed by atoms with Crippen LogP contribution in [0.2, 0.25) is 0 Å². The first-order chi connectivity index (χ1) is 22.1. The fourth-order valence-electron chi connectivity index (χ4n) is 7.44. The number of benzene rings is 6. The van der Waals surface area contributed by atoms with E-state index >= 15 is 0 Å². The van der Waals surface area contributed by atoms with E-state index in [4.69, 9.17) is 0 Å². The van der Waals surface area contributed by atoms with Crippen molar-refractivity contribution in [1.82, 2.24) is 0 Å². The van der Waals surface area contributed by atoms with Crippen molar-refractivity contribution in [3.8, 4) is 44.5 Å². The van der Waals surface area contributed by atoms with Crippen LogP contribution in [0.15, 0.2) is 121 Å². The predicted molar refractivity (Wildman–Crippen MR) is 194 cm³/mol. The third kappa shape index (κ3) is 5.10.